The Kier molecular flexibility index (Phi) is 6.20. The van der Waals surface area contributed by atoms with Gasteiger partial charge in [-0.1, -0.05) is 23.7 Å². The van der Waals surface area contributed by atoms with E-state index in [9.17, 15) is 9.59 Å². The normalized spacial score (nSPS) is 14.1. The first-order valence-corrected chi connectivity index (χ1v) is 8.87. The quantitative estimate of drug-likeness (QED) is 0.872. The molecule has 1 aromatic heterocycles. The summed E-state index contributed by atoms with van der Waals surface area (Å²) in [5.41, 5.74) is 1.79. The van der Waals surface area contributed by atoms with E-state index < -0.39 is 0 Å². The van der Waals surface area contributed by atoms with Gasteiger partial charge in [-0.25, -0.2) is 0 Å². The number of nitrogens with zero attached hydrogens (tertiary/aromatic N) is 2. The second kappa shape index (κ2) is 8.78. The third-order valence-electron chi connectivity index (χ3n) is 4.15. The van der Waals surface area contributed by atoms with Crippen LogP contribution in [-0.4, -0.2) is 54.5 Å². The average Bonchev–Trinajstić information content (AvgIpc) is 2.69. The van der Waals surface area contributed by atoms with Gasteiger partial charge >= 0.3 is 0 Å². The van der Waals surface area contributed by atoms with E-state index >= 15 is 0 Å². The molecule has 0 unspecified atom stereocenters. The van der Waals surface area contributed by atoms with E-state index in [1.807, 2.05) is 24.3 Å². The molecule has 26 heavy (non-hydrogen) atoms. The smallest absolute Gasteiger partial charge is 0.272 e. The number of carbonyl (C=O) groups excluding carboxylic acids is 2. The van der Waals surface area contributed by atoms with Crippen LogP contribution in [0.2, 0.25) is 5.02 Å². The molecule has 2 amide bonds. The van der Waals surface area contributed by atoms with E-state index in [-0.39, 0.29) is 17.5 Å². The number of rotatable bonds is 5. The van der Waals surface area contributed by atoms with Crippen LogP contribution in [0.5, 0.6) is 0 Å². The van der Waals surface area contributed by atoms with Crippen LogP contribution in [0.25, 0.3) is 0 Å². The van der Waals surface area contributed by atoms with Crippen LogP contribution < -0.4 is 5.32 Å². The highest BCUT2D eigenvalue weighted by atomic mass is 35.5. The molecule has 2 heterocycles. The molecule has 1 N–H and O–H groups in total. The van der Waals surface area contributed by atoms with Crippen LogP contribution in [0.3, 0.4) is 0 Å². The predicted molar refractivity (Wildman–Crippen MR) is 98.4 cm³/mol. The fraction of sp³-hybridized carbons (Fsp3) is 0.316. The van der Waals surface area contributed by atoms with Gasteiger partial charge < -0.3 is 15.0 Å². The van der Waals surface area contributed by atoms with Gasteiger partial charge in [-0.3, -0.25) is 14.6 Å². The highest BCUT2D eigenvalue weighted by molar-refractivity contribution is 6.30. The van der Waals surface area contributed by atoms with E-state index in [1.165, 1.54) is 12.3 Å². The molecule has 1 aliphatic rings. The third kappa shape index (κ3) is 4.80. The molecule has 7 heteroatoms. The fourth-order valence-electron chi connectivity index (χ4n) is 2.69. The number of morpholine rings is 1. The molecule has 2 aromatic rings. The van der Waals surface area contributed by atoms with Gasteiger partial charge in [0.25, 0.3) is 11.8 Å². The molecule has 0 saturated carbocycles. The Morgan fingerprint density at radius 2 is 1.88 bits per heavy atom. The summed E-state index contributed by atoms with van der Waals surface area (Å²) in [6, 6.07) is 10.7. The number of hydrogen-bond acceptors (Lipinski definition) is 4. The minimum atomic E-state index is -0.225. The first-order chi connectivity index (χ1) is 12.6. The molecule has 0 radical (unpaired) electrons. The number of aromatic nitrogens is 1. The SMILES string of the molecule is O=C(NCCc1ccc(Cl)cc1)c1ccnc(C(=O)N2CCOCC2)c1. The summed E-state index contributed by atoms with van der Waals surface area (Å²) in [6.07, 6.45) is 2.19. The van der Waals surface area contributed by atoms with Crippen LogP contribution in [-0.2, 0) is 11.2 Å². The second-order valence-electron chi connectivity index (χ2n) is 5.97. The number of benzene rings is 1. The summed E-state index contributed by atoms with van der Waals surface area (Å²) in [7, 11) is 0. The van der Waals surface area contributed by atoms with Crippen molar-refractivity contribution in [2.75, 3.05) is 32.8 Å². The van der Waals surface area contributed by atoms with E-state index in [0.717, 1.165) is 5.56 Å². The zero-order valence-corrected chi connectivity index (χ0v) is 15.0. The zero-order valence-electron chi connectivity index (χ0n) is 14.3. The molecule has 1 aromatic carbocycles. The lowest BCUT2D eigenvalue weighted by Gasteiger charge is -2.26. The molecule has 0 bridgehead atoms. The number of hydrogen-bond donors (Lipinski definition) is 1. The van der Waals surface area contributed by atoms with Crippen molar-refractivity contribution >= 4 is 23.4 Å². The van der Waals surface area contributed by atoms with E-state index in [4.69, 9.17) is 16.3 Å². The Hall–Kier alpha value is -2.44. The molecule has 136 valence electrons. The van der Waals surface area contributed by atoms with Gasteiger partial charge in [0, 0.05) is 36.4 Å². The minimum Gasteiger partial charge on any atom is -0.378 e. The van der Waals surface area contributed by atoms with Crippen molar-refractivity contribution in [3.8, 4) is 0 Å². The molecule has 1 aliphatic heterocycles. The Morgan fingerprint density at radius 1 is 1.15 bits per heavy atom. The molecular weight excluding hydrogens is 354 g/mol. The molecular formula is C19H20ClN3O3. The Balaban J connectivity index is 1.57. The summed E-state index contributed by atoms with van der Waals surface area (Å²) in [6.45, 7) is 2.62. The summed E-state index contributed by atoms with van der Waals surface area (Å²) in [4.78, 5) is 30.6. The first kappa shape index (κ1) is 18.4. The number of nitrogens with one attached hydrogen (secondary N) is 1. The Labute approximate surface area is 157 Å². The monoisotopic (exact) mass is 373 g/mol. The highest BCUT2D eigenvalue weighted by Gasteiger charge is 2.20. The Morgan fingerprint density at radius 3 is 2.62 bits per heavy atom. The van der Waals surface area contributed by atoms with Crippen molar-refractivity contribution in [2.24, 2.45) is 0 Å². The molecule has 1 saturated heterocycles. The van der Waals surface area contributed by atoms with Gasteiger partial charge in [-0.05, 0) is 36.2 Å². The van der Waals surface area contributed by atoms with Crippen molar-refractivity contribution in [2.45, 2.75) is 6.42 Å². The first-order valence-electron chi connectivity index (χ1n) is 8.49. The number of amides is 2. The molecule has 6 nitrogen and oxygen atoms in total. The summed E-state index contributed by atoms with van der Waals surface area (Å²) >= 11 is 5.86. The molecule has 0 atom stereocenters. The maximum atomic E-state index is 12.5. The lowest BCUT2D eigenvalue weighted by atomic mass is 10.1. The highest BCUT2D eigenvalue weighted by Crippen LogP contribution is 2.10. The number of halogens is 1. The number of carbonyl (C=O) groups is 2. The van der Waals surface area contributed by atoms with E-state index in [2.05, 4.69) is 10.3 Å². The van der Waals surface area contributed by atoms with Crippen LogP contribution >= 0.6 is 11.6 Å². The van der Waals surface area contributed by atoms with Gasteiger partial charge in [-0.15, -0.1) is 0 Å². The number of ether oxygens (including phenoxy) is 1. The van der Waals surface area contributed by atoms with Crippen LogP contribution in [0.15, 0.2) is 42.6 Å². The summed E-state index contributed by atoms with van der Waals surface area (Å²) < 4.78 is 5.25. The van der Waals surface area contributed by atoms with Gasteiger partial charge in [0.2, 0.25) is 0 Å². The standard InChI is InChI=1S/C19H20ClN3O3/c20-16-3-1-14(2-4-16)5-7-22-18(24)15-6-8-21-17(13-15)19(25)23-9-11-26-12-10-23/h1-4,6,8,13H,5,7,9-12H2,(H,22,24). The average molecular weight is 374 g/mol. The van der Waals surface area contributed by atoms with Crippen molar-refractivity contribution in [1.29, 1.82) is 0 Å². The predicted octanol–water partition coefficient (Wildman–Crippen LogP) is 2.18. The van der Waals surface area contributed by atoms with Crippen molar-refractivity contribution in [1.82, 2.24) is 15.2 Å². The lowest BCUT2D eigenvalue weighted by molar-refractivity contribution is 0.0299. The molecule has 0 spiro atoms. The third-order valence-corrected chi connectivity index (χ3v) is 4.40. The van der Waals surface area contributed by atoms with Crippen LogP contribution in [0.4, 0.5) is 0 Å². The van der Waals surface area contributed by atoms with Crippen molar-refractivity contribution < 1.29 is 14.3 Å². The summed E-state index contributed by atoms with van der Waals surface area (Å²) in [5.74, 6) is -0.401. The lowest BCUT2D eigenvalue weighted by Crippen LogP contribution is -2.41. The van der Waals surface area contributed by atoms with Gasteiger partial charge in [0.05, 0.1) is 13.2 Å². The van der Waals surface area contributed by atoms with Gasteiger partial charge in [0.1, 0.15) is 5.69 Å². The molecule has 0 aliphatic carbocycles. The van der Waals surface area contributed by atoms with Crippen molar-refractivity contribution in [3.05, 3.63) is 64.4 Å². The molecule has 1 fully saturated rings. The zero-order chi connectivity index (χ0) is 18.4. The minimum absolute atomic E-state index is 0.177. The molecule has 3 rings (SSSR count). The topological polar surface area (TPSA) is 71.5 Å². The van der Waals surface area contributed by atoms with E-state index in [0.29, 0.717) is 49.9 Å². The fourth-order valence-corrected chi connectivity index (χ4v) is 2.82. The maximum absolute atomic E-state index is 12.5. The van der Waals surface area contributed by atoms with Gasteiger partial charge in [-0.2, -0.15) is 0 Å². The number of pyridine rings is 1. The summed E-state index contributed by atoms with van der Waals surface area (Å²) in [5, 5.41) is 3.55. The van der Waals surface area contributed by atoms with E-state index in [1.54, 1.807) is 11.0 Å². The van der Waals surface area contributed by atoms with Gasteiger partial charge in [0.15, 0.2) is 0 Å². The van der Waals surface area contributed by atoms with Crippen LogP contribution in [0, 0.1) is 0 Å². The van der Waals surface area contributed by atoms with Crippen LogP contribution in [0.1, 0.15) is 26.4 Å². The van der Waals surface area contributed by atoms with Crippen molar-refractivity contribution in [3.63, 3.8) is 0 Å². The largest absolute Gasteiger partial charge is 0.378 e. The Bertz CT molecular complexity index is 774. The maximum Gasteiger partial charge on any atom is 0.272 e. The second-order valence-corrected chi connectivity index (χ2v) is 6.40.